The smallest absolute Gasteiger partial charge is 0.277 e. The maximum Gasteiger partial charge on any atom is 0.277 e. The van der Waals surface area contributed by atoms with Gasteiger partial charge in [-0.05, 0) is 24.6 Å². The van der Waals surface area contributed by atoms with E-state index in [1.807, 2.05) is 28.8 Å². The highest BCUT2D eigenvalue weighted by Gasteiger charge is 2.17. The van der Waals surface area contributed by atoms with Gasteiger partial charge in [0.15, 0.2) is 10.8 Å². The van der Waals surface area contributed by atoms with Gasteiger partial charge in [-0.1, -0.05) is 19.1 Å². The lowest BCUT2D eigenvalue weighted by atomic mass is 10.3. The van der Waals surface area contributed by atoms with E-state index < -0.39 is 0 Å². The van der Waals surface area contributed by atoms with Crippen LogP contribution >= 0.6 is 11.3 Å². The second kappa shape index (κ2) is 7.01. The molecule has 0 radical (unpaired) electrons. The zero-order valence-corrected chi connectivity index (χ0v) is 14.9. The fourth-order valence-corrected chi connectivity index (χ4v) is 3.42. The molecule has 8 heteroatoms. The van der Waals surface area contributed by atoms with Gasteiger partial charge in [-0.25, -0.2) is 19.9 Å². The molecular weight excluding hydrogens is 348 g/mol. The molecule has 0 aliphatic carbocycles. The van der Waals surface area contributed by atoms with Crippen molar-refractivity contribution in [2.24, 2.45) is 0 Å². The molecule has 0 saturated carbocycles. The van der Waals surface area contributed by atoms with Crippen molar-refractivity contribution in [1.82, 2.24) is 24.5 Å². The summed E-state index contributed by atoms with van der Waals surface area (Å²) in [6, 6.07) is 9.58. The minimum atomic E-state index is -0.295. The predicted octanol–water partition coefficient (Wildman–Crippen LogP) is 3.61. The topological polar surface area (TPSA) is 85.6 Å². The molecule has 1 amide bonds. The lowest BCUT2D eigenvalue weighted by Gasteiger charge is -2.07. The number of para-hydroxylation sites is 2. The Balaban J connectivity index is 1.62. The summed E-state index contributed by atoms with van der Waals surface area (Å²) in [6.07, 6.45) is 4.24. The van der Waals surface area contributed by atoms with E-state index in [-0.39, 0.29) is 5.91 Å². The summed E-state index contributed by atoms with van der Waals surface area (Å²) in [5.41, 5.74) is 2.18. The molecule has 0 aliphatic heterocycles. The molecule has 0 aliphatic rings. The van der Waals surface area contributed by atoms with Crippen molar-refractivity contribution in [3.05, 3.63) is 53.8 Å². The third-order valence-corrected chi connectivity index (χ3v) is 4.66. The molecule has 4 rings (SSSR count). The number of thiazole rings is 1. The summed E-state index contributed by atoms with van der Waals surface area (Å²) in [5, 5.41) is 5.19. The third kappa shape index (κ3) is 3.06. The first-order valence-corrected chi connectivity index (χ1v) is 9.13. The van der Waals surface area contributed by atoms with Crippen LogP contribution in [-0.4, -0.2) is 30.4 Å². The van der Waals surface area contributed by atoms with Crippen LogP contribution < -0.4 is 5.32 Å². The van der Waals surface area contributed by atoms with Crippen LogP contribution in [-0.2, 0) is 6.54 Å². The van der Waals surface area contributed by atoms with Crippen molar-refractivity contribution in [3.8, 4) is 10.8 Å². The zero-order chi connectivity index (χ0) is 17.9. The normalized spacial score (nSPS) is 11.0. The van der Waals surface area contributed by atoms with E-state index in [1.165, 1.54) is 11.3 Å². The molecular formula is C18H16N6OS. The molecule has 1 aromatic carbocycles. The van der Waals surface area contributed by atoms with Gasteiger partial charge in [-0.3, -0.25) is 10.1 Å². The predicted molar refractivity (Wildman–Crippen MR) is 101 cm³/mol. The summed E-state index contributed by atoms with van der Waals surface area (Å²) in [6.45, 7) is 2.86. The average molecular weight is 364 g/mol. The quantitative estimate of drug-likeness (QED) is 0.585. The van der Waals surface area contributed by atoms with Crippen LogP contribution in [0.2, 0.25) is 0 Å². The number of nitrogens with one attached hydrogen (secondary N) is 1. The first-order chi connectivity index (χ1) is 12.8. The highest BCUT2D eigenvalue weighted by molar-refractivity contribution is 7.13. The number of hydrogen-bond donors (Lipinski definition) is 1. The number of benzene rings is 1. The van der Waals surface area contributed by atoms with E-state index in [0.717, 1.165) is 24.0 Å². The van der Waals surface area contributed by atoms with Gasteiger partial charge in [0.1, 0.15) is 5.69 Å². The standard InChI is InChI=1S/C18H16N6OS/c1-2-10-24-14-7-4-3-6-12(14)22-18(24)23-16(25)13-11-26-17(21-13)15-19-8-5-9-20-15/h3-9,11H,2,10H2,1H3,(H,22,23,25). The van der Waals surface area contributed by atoms with Gasteiger partial charge in [-0.15, -0.1) is 11.3 Å². The Morgan fingerprint density at radius 2 is 1.96 bits per heavy atom. The fourth-order valence-electron chi connectivity index (χ4n) is 2.68. The molecule has 3 aromatic heterocycles. The Morgan fingerprint density at radius 1 is 1.15 bits per heavy atom. The second-order valence-electron chi connectivity index (χ2n) is 5.64. The summed E-state index contributed by atoms with van der Waals surface area (Å²) in [7, 11) is 0. The van der Waals surface area contributed by atoms with E-state index in [0.29, 0.717) is 22.5 Å². The van der Waals surface area contributed by atoms with Crippen molar-refractivity contribution in [1.29, 1.82) is 0 Å². The molecule has 130 valence electrons. The van der Waals surface area contributed by atoms with Gasteiger partial charge in [0.05, 0.1) is 11.0 Å². The lowest BCUT2D eigenvalue weighted by Crippen LogP contribution is -2.16. The lowest BCUT2D eigenvalue weighted by molar-refractivity contribution is 0.102. The molecule has 1 N–H and O–H groups in total. The summed E-state index contributed by atoms with van der Waals surface area (Å²) in [4.78, 5) is 29.8. The Morgan fingerprint density at radius 3 is 2.77 bits per heavy atom. The first-order valence-electron chi connectivity index (χ1n) is 8.26. The molecule has 7 nitrogen and oxygen atoms in total. The number of hydrogen-bond acceptors (Lipinski definition) is 6. The third-order valence-electron chi connectivity index (χ3n) is 3.82. The van der Waals surface area contributed by atoms with Crippen LogP contribution in [0.1, 0.15) is 23.8 Å². The van der Waals surface area contributed by atoms with Crippen LogP contribution in [0.5, 0.6) is 0 Å². The number of imidazole rings is 1. The largest absolute Gasteiger partial charge is 0.310 e. The minimum absolute atomic E-state index is 0.295. The number of rotatable bonds is 5. The SMILES string of the molecule is CCCn1c(NC(=O)c2csc(-c3ncccn3)n2)nc2ccccc21. The van der Waals surface area contributed by atoms with Gasteiger partial charge in [-0.2, -0.15) is 0 Å². The van der Waals surface area contributed by atoms with Crippen molar-refractivity contribution < 1.29 is 4.79 Å². The Labute approximate surface area is 153 Å². The van der Waals surface area contributed by atoms with Gasteiger partial charge >= 0.3 is 0 Å². The number of aromatic nitrogens is 5. The van der Waals surface area contributed by atoms with Crippen LogP contribution in [0.25, 0.3) is 21.9 Å². The Bertz CT molecular complexity index is 1060. The average Bonchev–Trinajstić information content (AvgIpc) is 3.29. The molecule has 0 fully saturated rings. The summed E-state index contributed by atoms with van der Waals surface area (Å²) >= 11 is 1.34. The maximum atomic E-state index is 12.6. The van der Waals surface area contributed by atoms with E-state index in [2.05, 4.69) is 32.2 Å². The van der Waals surface area contributed by atoms with Crippen LogP contribution in [0.3, 0.4) is 0 Å². The number of amides is 1. The number of carbonyl (C=O) groups excluding carboxylic acids is 1. The molecule has 0 saturated heterocycles. The van der Waals surface area contributed by atoms with E-state index in [9.17, 15) is 4.79 Å². The van der Waals surface area contributed by atoms with Crippen molar-refractivity contribution in [2.75, 3.05) is 5.32 Å². The number of anilines is 1. The maximum absolute atomic E-state index is 12.6. The van der Waals surface area contributed by atoms with E-state index >= 15 is 0 Å². The number of carbonyl (C=O) groups is 1. The van der Waals surface area contributed by atoms with Gasteiger partial charge in [0.25, 0.3) is 5.91 Å². The van der Waals surface area contributed by atoms with Crippen LogP contribution in [0.4, 0.5) is 5.95 Å². The molecule has 0 unspecified atom stereocenters. The molecule has 4 aromatic rings. The summed E-state index contributed by atoms with van der Waals surface area (Å²) in [5.74, 6) is 0.745. The van der Waals surface area contributed by atoms with Gasteiger partial charge in [0.2, 0.25) is 5.95 Å². The minimum Gasteiger partial charge on any atom is -0.310 e. The van der Waals surface area contributed by atoms with Crippen molar-refractivity contribution in [2.45, 2.75) is 19.9 Å². The highest BCUT2D eigenvalue weighted by Crippen LogP contribution is 2.22. The molecule has 0 atom stereocenters. The van der Waals surface area contributed by atoms with E-state index in [4.69, 9.17) is 0 Å². The molecule has 3 heterocycles. The van der Waals surface area contributed by atoms with Crippen molar-refractivity contribution >= 4 is 34.2 Å². The Kier molecular flexibility index (Phi) is 4.40. The molecule has 0 spiro atoms. The number of fused-ring (bicyclic) bond motifs is 1. The summed E-state index contributed by atoms with van der Waals surface area (Å²) < 4.78 is 2.01. The van der Waals surface area contributed by atoms with Crippen LogP contribution in [0, 0.1) is 0 Å². The highest BCUT2D eigenvalue weighted by atomic mass is 32.1. The zero-order valence-electron chi connectivity index (χ0n) is 14.1. The van der Waals surface area contributed by atoms with Gasteiger partial charge in [0, 0.05) is 24.3 Å². The number of aryl methyl sites for hydroxylation is 1. The second-order valence-corrected chi connectivity index (χ2v) is 6.50. The van der Waals surface area contributed by atoms with Crippen molar-refractivity contribution in [3.63, 3.8) is 0 Å². The monoisotopic (exact) mass is 364 g/mol. The number of nitrogens with zero attached hydrogens (tertiary/aromatic N) is 5. The molecule has 26 heavy (non-hydrogen) atoms. The first kappa shape index (κ1) is 16.3. The molecule has 0 bridgehead atoms. The fraction of sp³-hybridized carbons (Fsp3) is 0.167. The van der Waals surface area contributed by atoms with E-state index in [1.54, 1.807) is 23.8 Å². The Hall–Kier alpha value is -3.13. The van der Waals surface area contributed by atoms with Gasteiger partial charge < -0.3 is 4.57 Å². The van der Waals surface area contributed by atoms with Crippen LogP contribution in [0.15, 0.2) is 48.1 Å².